The van der Waals surface area contributed by atoms with Crippen molar-refractivity contribution in [2.24, 2.45) is 0 Å². The second-order valence-corrected chi connectivity index (χ2v) is 9.34. The van der Waals surface area contributed by atoms with Crippen LogP contribution in [0.5, 0.6) is 0 Å². The maximum absolute atomic E-state index is 12.6. The largest absolute Gasteiger partial charge is 0.293 e. The predicted molar refractivity (Wildman–Crippen MR) is 104 cm³/mol. The zero-order chi connectivity index (χ0) is 19.6. The van der Waals surface area contributed by atoms with Gasteiger partial charge in [0.05, 0.1) is 17.7 Å². The summed E-state index contributed by atoms with van der Waals surface area (Å²) in [6, 6.07) is 5.86. The number of amides is 2. The molecule has 0 radical (unpaired) electrons. The average molecular weight is 409 g/mol. The standard InChI is InChI=1S/C18H20N2O5S2/c1-27(24,25)19-14-9-7-12(8-10-14)15(21)11-20-17(22)16(26-18(20)23)13-5-3-2-4-6-13/h7-10,19H,2-6,11H2,1H3. The molecule has 3 rings (SSSR count). The molecule has 7 nitrogen and oxygen atoms in total. The molecule has 0 atom stereocenters. The van der Waals surface area contributed by atoms with Gasteiger partial charge in [-0.05, 0) is 61.7 Å². The van der Waals surface area contributed by atoms with E-state index in [0.29, 0.717) is 16.2 Å². The number of thioether (sulfide) groups is 1. The van der Waals surface area contributed by atoms with Crippen molar-refractivity contribution in [3.63, 3.8) is 0 Å². The number of hydrogen-bond acceptors (Lipinski definition) is 6. The van der Waals surface area contributed by atoms with Gasteiger partial charge in [0.2, 0.25) is 10.0 Å². The van der Waals surface area contributed by atoms with E-state index >= 15 is 0 Å². The van der Waals surface area contributed by atoms with Crippen molar-refractivity contribution in [3.8, 4) is 0 Å². The molecule has 27 heavy (non-hydrogen) atoms. The topological polar surface area (TPSA) is 101 Å². The number of carbonyl (C=O) groups is 3. The Bertz CT molecular complexity index is 912. The Morgan fingerprint density at radius 1 is 1.11 bits per heavy atom. The first kappa shape index (κ1) is 19.6. The molecule has 2 aliphatic rings. The number of nitrogens with zero attached hydrogens (tertiary/aromatic N) is 1. The number of hydrogen-bond donors (Lipinski definition) is 1. The van der Waals surface area contributed by atoms with Crippen LogP contribution in [0.15, 0.2) is 34.7 Å². The van der Waals surface area contributed by atoms with E-state index in [2.05, 4.69) is 4.72 Å². The summed E-state index contributed by atoms with van der Waals surface area (Å²) in [7, 11) is -3.40. The summed E-state index contributed by atoms with van der Waals surface area (Å²) >= 11 is 0.922. The van der Waals surface area contributed by atoms with Crippen LogP contribution in [0, 0.1) is 0 Å². The molecule has 1 N–H and O–H groups in total. The molecule has 1 saturated heterocycles. The molecule has 1 aromatic carbocycles. The molecule has 1 heterocycles. The molecule has 1 aliphatic carbocycles. The third-order valence-electron chi connectivity index (χ3n) is 4.44. The van der Waals surface area contributed by atoms with Gasteiger partial charge in [-0.3, -0.25) is 24.0 Å². The van der Waals surface area contributed by atoms with Gasteiger partial charge in [-0.15, -0.1) is 0 Å². The zero-order valence-corrected chi connectivity index (χ0v) is 16.5. The molecule has 2 fully saturated rings. The molecule has 0 spiro atoms. The van der Waals surface area contributed by atoms with E-state index in [4.69, 9.17) is 0 Å². The molecule has 0 aromatic heterocycles. The van der Waals surface area contributed by atoms with E-state index in [1.165, 1.54) is 24.3 Å². The smallest absolute Gasteiger partial charge is 0.292 e. The average Bonchev–Trinajstić information content (AvgIpc) is 2.90. The van der Waals surface area contributed by atoms with Crippen LogP contribution in [0.4, 0.5) is 10.5 Å². The summed E-state index contributed by atoms with van der Waals surface area (Å²) in [6.07, 6.45) is 5.87. The molecule has 1 aliphatic heterocycles. The lowest BCUT2D eigenvalue weighted by atomic mass is 9.94. The van der Waals surface area contributed by atoms with Crippen LogP contribution in [0.3, 0.4) is 0 Å². The number of imide groups is 1. The molecule has 0 bridgehead atoms. The highest BCUT2D eigenvalue weighted by Gasteiger charge is 2.38. The second-order valence-electron chi connectivity index (χ2n) is 6.63. The van der Waals surface area contributed by atoms with Crippen molar-refractivity contribution < 1.29 is 22.8 Å². The Morgan fingerprint density at radius 2 is 1.74 bits per heavy atom. The summed E-state index contributed by atoms with van der Waals surface area (Å²) in [5, 5.41) is -0.420. The second kappa shape index (κ2) is 7.85. The monoisotopic (exact) mass is 408 g/mol. The lowest BCUT2D eigenvalue weighted by Crippen LogP contribution is -2.33. The van der Waals surface area contributed by atoms with E-state index < -0.39 is 15.3 Å². The van der Waals surface area contributed by atoms with Crippen LogP contribution in [-0.4, -0.2) is 43.0 Å². The van der Waals surface area contributed by atoms with Crippen molar-refractivity contribution in [2.45, 2.75) is 32.1 Å². The normalized spacial score (nSPS) is 18.2. The molecule has 2 amide bonds. The Labute approximate surface area is 162 Å². The van der Waals surface area contributed by atoms with Gasteiger partial charge in [0.25, 0.3) is 11.1 Å². The van der Waals surface area contributed by atoms with E-state index in [1.54, 1.807) is 0 Å². The van der Waals surface area contributed by atoms with Crippen LogP contribution in [0.1, 0.15) is 42.5 Å². The molecule has 1 saturated carbocycles. The third-order valence-corrected chi connectivity index (χ3v) is 6.11. The zero-order valence-electron chi connectivity index (χ0n) is 14.9. The Morgan fingerprint density at radius 3 is 2.33 bits per heavy atom. The Hall–Kier alpha value is -2.13. The minimum Gasteiger partial charge on any atom is -0.292 e. The number of allylic oxidation sites excluding steroid dienone is 1. The van der Waals surface area contributed by atoms with Crippen molar-refractivity contribution >= 4 is 44.4 Å². The van der Waals surface area contributed by atoms with E-state index in [1.807, 2.05) is 0 Å². The fourth-order valence-electron chi connectivity index (χ4n) is 3.13. The van der Waals surface area contributed by atoms with Gasteiger partial charge in [-0.25, -0.2) is 8.42 Å². The molecule has 0 unspecified atom stereocenters. The molecule has 1 aromatic rings. The summed E-state index contributed by atoms with van der Waals surface area (Å²) in [5.41, 5.74) is 1.66. The molecular formula is C18H20N2O5S2. The predicted octanol–water partition coefficient (Wildman–Crippen LogP) is 3.15. The number of anilines is 1. The van der Waals surface area contributed by atoms with Crippen molar-refractivity contribution in [1.29, 1.82) is 0 Å². The number of Topliss-reactive ketones (excluding diaryl/α,β-unsaturated/α-hetero) is 1. The number of carbonyl (C=O) groups excluding carboxylic acids is 3. The maximum Gasteiger partial charge on any atom is 0.293 e. The lowest BCUT2D eigenvalue weighted by Gasteiger charge is -2.15. The van der Waals surface area contributed by atoms with Gasteiger partial charge in [0, 0.05) is 11.3 Å². The van der Waals surface area contributed by atoms with Crippen LogP contribution < -0.4 is 4.72 Å². The van der Waals surface area contributed by atoms with Gasteiger partial charge in [0.1, 0.15) is 0 Å². The third kappa shape index (κ3) is 4.78. The first-order valence-corrected chi connectivity index (χ1v) is 11.3. The number of nitrogens with one attached hydrogen (secondary N) is 1. The minimum atomic E-state index is -3.40. The number of benzene rings is 1. The first-order valence-electron chi connectivity index (χ1n) is 8.61. The summed E-state index contributed by atoms with van der Waals surface area (Å²) in [5.74, 6) is -0.760. The van der Waals surface area contributed by atoms with Gasteiger partial charge in [-0.1, -0.05) is 12.0 Å². The van der Waals surface area contributed by atoms with Crippen molar-refractivity contribution in [3.05, 3.63) is 40.3 Å². The highest BCUT2D eigenvalue weighted by atomic mass is 32.2. The van der Waals surface area contributed by atoms with Crippen LogP contribution in [0.25, 0.3) is 0 Å². The minimum absolute atomic E-state index is 0.304. The van der Waals surface area contributed by atoms with Crippen LogP contribution >= 0.6 is 11.8 Å². The van der Waals surface area contributed by atoms with E-state index in [-0.39, 0.29) is 18.2 Å². The first-order chi connectivity index (χ1) is 12.7. The van der Waals surface area contributed by atoms with Gasteiger partial charge in [0.15, 0.2) is 5.78 Å². The summed E-state index contributed by atoms with van der Waals surface area (Å²) in [6.45, 7) is -0.319. The molecular weight excluding hydrogens is 388 g/mol. The summed E-state index contributed by atoms with van der Waals surface area (Å²) < 4.78 is 24.7. The highest BCUT2D eigenvalue weighted by molar-refractivity contribution is 8.18. The number of sulfonamides is 1. The molecule has 144 valence electrons. The van der Waals surface area contributed by atoms with E-state index in [0.717, 1.165) is 60.6 Å². The maximum atomic E-state index is 12.6. The van der Waals surface area contributed by atoms with Crippen LogP contribution in [-0.2, 0) is 14.8 Å². The number of rotatable bonds is 5. The van der Waals surface area contributed by atoms with Gasteiger partial charge < -0.3 is 0 Å². The summed E-state index contributed by atoms with van der Waals surface area (Å²) in [4.78, 5) is 38.8. The highest BCUT2D eigenvalue weighted by Crippen LogP contribution is 2.38. The van der Waals surface area contributed by atoms with E-state index in [9.17, 15) is 22.8 Å². The van der Waals surface area contributed by atoms with Crippen molar-refractivity contribution in [1.82, 2.24) is 4.90 Å². The quantitative estimate of drug-likeness (QED) is 0.593. The SMILES string of the molecule is CS(=O)(=O)Nc1ccc(C(=O)CN2C(=O)SC(=C3CCCCC3)C2=O)cc1. The fourth-order valence-corrected chi connectivity index (χ4v) is 4.67. The lowest BCUT2D eigenvalue weighted by molar-refractivity contribution is -0.122. The fraction of sp³-hybridized carbons (Fsp3) is 0.389. The Kier molecular flexibility index (Phi) is 5.71. The van der Waals surface area contributed by atoms with Crippen molar-refractivity contribution in [2.75, 3.05) is 17.5 Å². The number of ketones is 1. The Balaban J connectivity index is 1.70. The molecule has 9 heteroatoms. The van der Waals surface area contributed by atoms with Crippen LogP contribution in [0.2, 0.25) is 0 Å². The van der Waals surface area contributed by atoms with Gasteiger partial charge in [-0.2, -0.15) is 0 Å². The van der Waals surface area contributed by atoms with Gasteiger partial charge >= 0.3 is 0 Å².